The number of alkyl halides is 2. The molecule has 1 aliphatic rings. The van der Waals surface area contributed by atoms with Gasteiger partial charge in [-0.1, -0.05) is 12.1 Å². The third-order valence-electron chi connectivity index (χ3n) is 5.21. The summed E-state index contributed by atoms with van der Waals surface area (Å²) in [5.74, 6) is 0.505. The zero-order chi connectivity index (χ0) is 19.3. The molecule has 0 radical (unpaired) electrons. The number of hydrogen-bond donors (Lipinski definition) is 1. The Morgan fingerprint density at radius 2 is 2.11 bits per heavy atom. The van der Waals surface area contributed by atoms with Gasteiger partial charge in [0.05, 0.1) is 23.2 Å². The quantitative estimate of drug-likeness (QED) is 0.586. The normalized spacial score (nSPS) is 16.7. The third-order valence-corrected chi connectivity index (χ3v) is 5.21. The second-order valence-electron chi connectivity index (χ2n) is 6.92. The van der Waals surface area contributed by atoms with E-state index in [0.29, 0.717) is 12.4 Å². The van der Waals surface area contributed by atoms with Crippen molar-refractivity contribution in [2.24, 2.45) is 0 Å². The maximum atomic E-state index is 13.2. The van der Waals surface area contributed by atoms with Crippen LogP contribution in [-0.2, 0) is 6.42 Å². The number of anilines is 1. The number of imidazole rings is 1. The molecule has 0 fully saturated rings. The standard InChI is InChI=1S/C20H18F2N6/c1-12-4-3-8-28-16(12)10-15(26-28)19-18-13(23-11-24-18)7-9-27(19)17-6-2-5-14(25-17)20(21)22/h2-6,8,10-11,19-20H,7,9H2,1H3,(H,23,24)/t19-/m0/s1. The summed E-state index contributed by atoms with van der Waals surface area (Å²) < 4.78 is 28.2. The van der Waals surface area contributed by atoms with Crippen LogP contribution >= 0.6 is 0 Å². The Morgan fingerprint density at radius 1 is 1.21 bits per heavy atom. The minimum absolute atomic E-state index is 0.227. The van der Waals surface area contributed by atoms with Gasteiger partial charge in [0.15, 0.2) is 0 Å². The van der Waals surface area contributed by atoms with E-state index in [1.54, 1.807) is 18.5 Å². The van der Waals surface area contributed by atoms with Crippen LogP contribution in [0.4, 0.5) is 14.6 Å². The predicted octanol–water partition coefficient (Wildman–Crippen LogP) is 3.85. The Balaban J connectivity index is 1.66. The zero-order valence-electron chi connectivity index (χ0n) is 15.2. The van der Waals surface area contributed by atoms with Crippen LogP contribution < -0.4 is 4.90 Å². The summed E-state index contributed by atoms with van der Waals surface area (Å²) in [4.78, 5) is 13.9. The number of nitrogens with one attached hydrogen (secondary N) is 1. The Kier molecular flexibility index (Phi) is 3.85. The molecule has 0 saturated heterocycles. The molecule has 0 saturated carbocycles. The predicted molar refractivity (Wildman–Crippen MR) is 101 cm³/mol. The van der Waals surface area contributed by atoms with E-state index in [9.17, 15) is 8.78 Å². The number of pyridine rings is 2. The lowest BCUT2D eigenvalue weighted by Gasteiger charge is -2.35. The molecule has 0 spiro atoms. The number of aryl methyl sites for hydroxylation is 1. The summed E-state index contributed by atoms with van der Waals surface area (Å²) in [5.41, 5.74) is 4.61. The van der Waals surface area contributed by atoms with E-state index in [2.05, 4.69) is 15.0 Å². The maximum Gasteiger partial charge on any atom is 0.280 e. The highest BCUT2D eigenvalue weighted by atomic mass is 19.3. The maximum absolute atomic E-state index is 13.2. The van der Waals surface area contributed by atoms with Crippen LogP contribution in [0.3, 0.4) is 0 Å². The van der Waals surface area contributed by atoms with E-state index >= 15 is 0 Å². The van der Waals surface area contributed by atoms with Crippen molar-refractivity contribution < 1.29 is 8.78 Å². The summed E-state index contributed by atoms with van der Waals surface area (Å²) in [6, 6.07) is 10.5. The first kappa shape index (κ1) is 16.9. The van der Waals surface area contributed by atoms with Gasteiger partial charge in [0.25, 0.3) is 6.43 Å². The van der Waals surface area contributed by atoms with Crippen molar-refractivity contribution in [2.45, 2.75) is 25.8 Å². The highest BCUT2D eigenvalue weighted by Crippen LogP contribution is 2.36. The largest absolute Gasteiger partial charge is 0.348 e. The van der Waals surface area contributed by atoms with Crippen LogP contribution in [0.25, 0.3) is 5.52 Å². The van der Waals surface area contributed by atoms with E-state index in [-0.39, 0.29) is 11.7 Å². The second-order valence-corrected chi connectivity index (χ2v) is 6.92. The molecule has 0 aromatic carbocycles. The molecule has 4 aromatic rings. The molecular weight excluding hydrogens is 362 g/mol. The lowest BCUT2D eigenvalue weighted by molar-refractivity contribution is 0.146. The minimum Gasteiger partial charge on any atom is -0.348 e. The number of rotatable bonds is 3. The van der Waals surface area contributed by atoms with Crippen LogP contribution in [0.1, 0.15) is 40.8 Å². The van der Waals surface area contributed by atoms with Crippen LogP contribution in [0, 0.1) is 6.92 Å². The van der Waals surface area contributed by atoms with Crippen molar-refractivity contribution in [3.63, 3.8) is 0 Å². The van der Waals surface area contributed by atoms with Gasteiger partial charge in [-0.15, -0.1) is 0 Å². The van der Waals surface area contributed by atoms with Gasteiger partial charge in [0.1, 0.15) is 17.6 Å². The van der Waals surface area contributed by atoms with Crippen LogP contribution in [-0.4, -0.2) is 31.1 Å². The van der Waals surface area contributed by atoms with Crippen LogP contribution in [0.15, 0.2) is 48.9 Å². The van der Waals surface area contributed by atoms with Gasteiger partial charge < -0.3 is 9.88 Å². The van der Waals surface area contributed by atoms with E-state index in [4.69, 9.17) is 5.10 Å². The summed E-state index contributed by atoms with van der Waals surface area (Å²) in [6.45, 7) is 2.67. The Labute approximate surface area is 159 Å². The highest BCUT2D eigenvalue weighted by molar-refractivity contribution is 5.57. The fourth-order valence-electron chi connectivity index (χ4n) is 3.85. The molecule has 0 unspecified atom stereocenters. The number of nitrogens with zero attached hydrogens (tertiary/aromatic N) is 5. The van der Waals surface area contributed by atoms with E-state index in [0.717, 1.165) is 34.6 Å². The monoisotopic (exact) mass is 380 g/mol. The van der Waals surface area contributed by atoms with Gasteiger partial charge in [-0.3, -0.25) is 0 Å². The van der Waals surface area contributed by atoms with Gasteiger partial charge in [0.2, 0.25) is 0 Å². The first-order valence-corrected chi connectivity index (χ1v) is 9.10. The Hall–Kier alpha value is -3.29. The highest BCUT2D eigenvalue weighted by Gasteiger charge is 2.34. The molecule has 142 valence electrons. The summed E-state index contributed by atoms with van der Waals surface area (Å²) in [6.07, 6.45) is 1.70. The van der Waals surface area contributed by atoms with Gasteiger partial charge in [-0.2, -0.15) is 5.10 Å². The molecule has 1 N–H and O–H groups in total. The van der Waals surface area contributed by atoms with Gasteiger partial charge in [0, 0.05) is 24.9 Å². The molecule has 1 atom stereocenters. The topological polar surface area (TPSA) is 62.1 Å². The zero-order valence-corrected chi connectivity index (χ0v) is 15.2. The van der Waals surface area contributed by atoms with Crippen molar-refractivity contribution >= 4 is 11.3 Å². The number of fused-ring (bicyclic) bond motifs is 2. The molecule has 0 bridgehead atoms. The van der Waals surface area contributed by atoms with Crippen LogP contribution in [0.2, 0.25) is 0 Å². The third kappa shape index (κ3) is 2.64. The molecule has 4 aromatic heterocycles. The summed E-state index contributed by atoms with van der Waals surface area (Å²) in [7, 11) is 0. The van der Waals surface area contributed by atoms with E-state index in [1.807, 2.05) is 40.7 Å². The number of halogens is 2. The molecule has 5 rings (SSSR count). The first-order valence-electron chi connectivity index (χ1n) is 9.10. The second kappa shape index (κ2) is 6.40. The molecule has 0 aliphatic carbocycles. The van der Waals surface area contributed by atoms with E-state index < -0.39 is 6.43 Å². The molecule has 1 aliphatic heterocycles. The van der Waals surface area contributed by atoms with Gasteiger partial charge in [-0.25, -0.2) is 23.3 Å². The van der Waals surface area contributed by atoms with Crippen molar-refractivity contribution in [1.82, 2.24) is 24.6 Å². The van der Waals surface area contributed by atoms with Crippen LogP contribution in [0.5, 0.6) is 0 Å². The molecule has 28 heavy (non-hydrogen) atoms. The average Bonchev–Trinajstić information content (AvgIpc) is 3.34. The molecule has 0 amide bonds. The molecule has 5 heterocycles. The summed E-state index contributed by atoms with van der Waals surface area (Å²) >= 11 is 0. The smallest absolute Gasteiger partial charge is 0.280 e. The molecule has 6 nitrogen and oxygen atoms in total. The fourth-order valence-corrected chi connectivity index (χ4v) is 3.85. The Morgan fingerprint density at radius 3 is 2.93 bits per heavy atom. The molecular formula is C20H18F2N6. The van der Waals surface area contributed by atoms with Crippen molar-refractivity contribution in [1.29, 1.82) is 0 Å². The SMILES string of the molecule is Cc1cccn2nc([C@H]3c4nc[nH]c4CCN3c3cccc(C(F)F)n3)cc12. The fraction of sp³-hybridized carbons (Fsp3) is 0.250. The Bertz CT molecular complexity index is 1150. The number of aromatic nitrogens is 5. The van der Waals surface area contributed by atoms with E-state index in [1.165, 1.54) is 6.07 Å². The minimum atomic E-state index is -2.61. The van der Waals surface area contributed by atoms with Crippen molar-refractivity contribution in [2.75, 3.05) is 11.4 Å². The number of hydrogen-bond acceptors (Lipinski definition) is 4. The number of H-pyrrole nitrogens is 1. The van der Waals surface area contributed by atoms with Gasteiger partial charge >= 0.3 is 0 Å². The van der Waals surface area contributed by atoms with Crippen molar-refractivity contribution in [3.8, 4) is 0 Å². The van der Waals surface area contributed by atoms with Gasteiger partial charge in [-0.05, 0) is 36.8 Å². The lowest BCUT2D eigenvalue weighted by atomic mass is 9.99. The lowest BCUT2D eigenvalue weighted by Crippen LogP contribution is -2.37. The average molecular weight is 380 g/mol. The number of aromatic amines is 1. The summed E-state index contributed by atoms with van der Waals surface area (Å²) in [5, 5.41) is 4.75. The first-order chi connectivity index (χ1) is 13.6. The molecule has 8 heteroatoms. The van der Waals surface area contributed by atoms with Crippen molar-refractivity contribution in [3.05, 3.63) is 77.3 Å².